The van der Waals surface area contributed by atoms with Gasteiger partial charge in [0.15, 0.2) is 0 Å². The molecular formula is C23H18ClNO4. The van der Waals surface area contributed by atoms with Crippen molar-refractivity contribution in [1.29, 1.82) is 0 Å². The van der Waals surface area contributed by atoms with Gasteiger partial charge in [0.2, 0.25) is 0 Å². The Morgan fingerprint density at radius 2 is 1.59 bits per heavy atom. The normalized spacial score (nSPS) is 12.2. The van der Waals surface area contributed by atoms with Crippen LogP contribution in [0.2, 0.25) is 5.02 Å². The Balaban J connectivity index is 1.55. The van der Waals surface area contributed by atoms with Crippen molar-refractivity contribution in [3.8, 4) is 11.1 Å². The van der Waals surface area contributed by atoms with Crippen LogP contribution in [0.15, 0.2) is 60.7 Å². The number of aromatic carboxylic acids is 1. The number of rotatable bonds is 4. The zero-order valence-corrected chi connectivity index (χ0v) is 16.4. The number of hydrogen-bond acceptors (Lipinski definition) is 3. The summed E-state index contributed by atoms with van der Waals surface area (Å²) in [5, 5.41) is 12.3. The van der Waals surface area contributed by atoms with E-state index in [2.05, 4.69) is 17.4 Å². The number of fused-ring (bicyclic) bond motifs is 3. The fraction of sp³-hybridized carbons (Fsp3) is 0.130. The lowest BCUT2D eigenvalue weighted by Crippen LogP contribution is -2.20. The largest absolute Gasteiger partial charge is 0.478 e. The molecule has 3 aromatic rings. The fourth-order valence-electron chi connectivity index (χ4n) is 3.76. The zero-order valence-electron chi connectivity index (χ0n) is 15.6. The van der Waals surface area contributed by atoms with E-state index in [-0.39, 0.29) is 23.8 Å². The highest BCUT2D eigenvalue weighted by atomic mass is 35.5. The van der Waals surface area contributed by atoms with Gasteiger partial charge in [0.25, 0.3) is 0 Å². The predicted molar refractivity (Wildman–Crippen MR) is 112 cm³/mol. The molecule has 0 aromatic heterocycles. The molecule has 2 N–H and O–H groups in total. The molecule has 0 atom stereocenters. The Morgan fingerprint density at radius 1 is 1.00 bits per heavy atom. The standard InChI is InChI=1S/C23H18ClNO4/c1-13-20(24)11-10-18(22(26)27)21(13)25-23(28)29-12-19-16-8-4-2-6-14(16)15-7-3-5-9-17(15)19/h2-11,19H,12H2,1H3,(H,25,28)(H,26,27). The molecule has 1 amide bonds. The van der Waals surface area contributed by atoms with Gasteiger partial charge in [-0.15, -0.1) is 0 Å². The second-order valence-corrected chi connectivity index (χ2v) is 7.26. The molecule has 0 bridgehead atoms. The lowest BCUT2D eigenvalue weighted by atomic mass is 9.98. The SMILES string of the molecule is Cc1c(Cl)ccc(C(=O)O)c1NC(=O)OCC1c2ccccc2-c2ccccc21. The van der Waals surface area contributed by atoms with E-state index in [1.807, 2.05) is 36.4 Å². The van der Waals surface area contributed by atoms with E-state index in [0.717, 1.165) is 22.3 Å². The summed E-state index contributed by atoms with van der Waals surface area (Å²) in [5.41, 5.74) is 5.05. The summed E-state index contributed by atoms with van der Waals surface area (Å²) in [4.78, 5) is 23.9. The average molecular weight is 408 g/mol. The van der Waals surface area contributed by atoms with Gasteiger partial charge >= 0.3 is 12.1 Å². The van der Waals surface area contributed by atoms with Crippen molar-refractivity contribution in [3.63, 3.8) is 0 Å². The molecule has 3 aromatic carbocycles. The van der Waals surface area contributed by atoms with Gasteiger partial charge in [-0.05, 0) is 46.9 Å². The summed E-state index contributed by atoms with van der Waals surface area (Å²) in [6.45, 7) is 1.79. The minimum absolute atomic E-state index is 0.0413. The second-order valence-electron chi connectivity index (χ2n) is 6.85. The van der Waals surface area contributed by atoms with Crippen LogP contribution in [0, 0.1) is 6.92 Å². The number of hydrogen-bond donors (Lipinski definition) is 2. The minimum atomic E-state index is -1.15. The molecule has 29 heavy (non-hydrogen) atoms. The predicted octanol–water partition coefficient (Wildman–Crippen LogP) is 5.71. The van der Waals surface area contributed by atoms with E-state index in [9.17, 15) is 14.7 Å². The molecule has 0 saturated carbocycles. The third-order valence-corrected chi connectivity index (χ3v) is 5.61. The van der Waals surface area contributed by atoms with Gasteiger partial charge in [0, 0.05) is 10.9 Å². The van der Waals surface area contributed by atoms with Gasteiger partial charge in [-0.1, -0.05) is 60.1 Å². The van der Waals surface area contributed by atoms with Crippen molar-refractivity contribution in [2.24, 2.45) is 0 Å². The van der Waals surface area contributed by atoms with Crippen LogP contribution >= 0.6 is 11.6 Å². The van der Waals surface area contributed by atoms with E-state index in [1.54, 1.807) is 6.92 Å². The van der Waals surface area contributed by atoms with Gasteiger partial charge in [0.1, 0.15) is 6.61 Å². The Labute approximate surface area is 172 Å². The summed E-state index contributed by atoms with van der Waals surface area (Å²) < 4.78 is 5.49. The van der Waals surface area contributed by atoms with Crippen LogP contribution in [-0.2, 0) is 4.74 Å². The van der Waals surface area contributed by atoms with Crippen LogP contribution in [0.4, 0.5) is 10.5 Å². The first kappa shape index (κ1) is 19.0. The van der Waals surface area contributed by atoms with Gasteiger partial charge in [-0.3, -0.25) is 5.32 Å². The van der Waals surface area contributed by atoms with Gasteiger partial charge < -0.3 is 9.84 Å². The summed E-state index contributed by atoms with van der Waals surface area (Å²) in [5.74, 6) is -1.23. The van der Waals surface area contributed by atoms with Crippen molar-refractivity contribution >= 4 is 29.4 Å². The number of ether oxygens (including phenoxy) is 1. The van der Waals surface area contributed by atoms with Gasteiger partial charge in [0.05, 0.1) is 11.3 Å². The van der Waals surface area contributed by atoms with Crippen molar-refractivity contribution in [1.82, 2.24) is 0 Å². The lowest BCUT2D eigenvalue weighted by Gasteiger charge is -2.16. The van der Waals surface area contributed by atoms with Crippen molar-refractivity contribution < 1.29 is 19.4 Å². The number of anilines is 1. The van der Waals surface area contributed by atoms with E-state index in [1.165, 1.54) is 12.1 Å². The van der Waals surface area contributed by atoms with Crippen molar-refractivity contribution in [2.45, 2.75) is 12.8 Å². The van der Waals surface area contributed by atoms with E-state index >= 15 is 0 Å². The van der Waals surface area contributed by atoms with Gasteiger partial charge in [-0.25, -0.2) is 9.59 Å². The van der Waals surface area contributed by atoms with Crippen LogP contribution in [0.5, 0.6) is 0 Å². The molecule has 6 heteroatoms. The maximum atomic E-state index is 12.5. The molecule has 0 unspecified atom stereocenters. The molecule has 5 nitrogen and oxygen atoms in total. The Bertz CT molecular complexity index is 1080. The van der Waals surface area contributed by atoms with E-state index < -0.39 is 12.1 Å². The highest BCUT2D eigenvalue weighted by Gasteiger charge is 2.29. The Kier molecular flexibility index (Phi) is 4.99. The van der Waals surface area contributed by atoms with Gasteiger partial charge in [-0.2, -0.15) is 0 Å². The summed E-state index contributed by atoms with van der Waals surface area (Å²) in [7, 11) is 0. The molecule has 0 spiro atoms. The van der Waals surface area contributed by atoms with Crippen LogP contribution in [0.25, 0.3) is 11.1 Å². The number of carboxylic acid groups (broad SMARTS) is 1. The van der Waals surface area contributed by atoms with Crippen LogP contribution in [-0.4, -0.2) is 23.8 Å². The quantitative estimate of drug-likeness (QED) is 0.581. The first-order valence-corrected chi connectivity index (χ1v) is 9.49. The Morgan fingerprint density at radius 3 is 2.17 bits per heavy atom. The highest BCUT2D eigenvalue weighted by Crippen LogP contribution is 2.44. The Hall–Kier alpha value is -3.31. The average Bonchev–Trinajstić information content (AvgIpc) is 3.03. The molecule has 0 fully saturated rings. The number of carboxylic acids is 1. The molecule has 146 valence electrons. The molecule has 0 radical (unpaired) electrons. The molecule has 0 aliphatic heterocycles. The smallest absolute Gasteiger partial charge is 0.411 e. The minimum Gasteiger partial charge on any atom is -0.478 e. The van der Waals surface area contributed by atoms with Crippen LogP contribution in [0.3, 0.4) is 0 Å². The second kappa shape index (κ2) is 7.60. The first-order chi connectivity index (χ1) is 14.0. The maximum Gasteiger partial charge on any atom is 0.411 e. The molecule has 4 rings (SSSR count). The summed E-state index contributed by atoms with van der Waals surface area (Å²) >= 11 is 6.08. The molecule has 1 aliphatic carbocycles. The molecule has 0 saturated heterocycles. The first-order valence-electron chi connectivity index (χ1n) is 9.11. The van der Waals surface area contributed by atoms with E-state index in [4.69, 9.17) is 16.3 Å². The fourth-order valence-corrected chi connectivity index (χ4v) is 3.92. The van der Waals surface area contributed by atoms with Crippen LogP contribution < -0.4 is 5.32 Å². The maximum absolute atomic E-state index is 12.5. The third-order valence-electron chi connectivity index (χ3n) is 5.20. The number of nitrogens with one attached hydrogen (secondary N) is 1. The zero-order chi connectivity index (χ0) is 20.5. The topological polar surface area (TPSA) is 75.6 Å². The third kappa shape index (κ3) is 3.45. The van der Waals surface area contributed by atoms with Crippen molar-refractivity contribution in [2.75, 3.05) is 11.9 Å². The molecule has 1 aliphatic rings. The lowest BCUT2D eigenvalue weighted by molar-refractivity contribution is 0.0698. The number of halogens is 1. The number of benzene rings is 3. The number of carbonyl (C=O) groups excluding carboxylic acids is 1. The van der Waals surface area contributed by atoms with Crippen LogP contribution in [0.1, 0.15) is 33.0 Å². The molecular weight excluding hydrogens is 390 g/mol. The number of carbonyl (C=O) groups is 2. The number of amides is 1. The van der Waals surface area contributed by atoms with E-state index in [0.29, 0.717) is 10.6 Å². The highest BCUT2D eigenvalue weighted by molar-refractivity contribution is 6.32. The van der Waals surface area contributed by atoms with Crippen molar-refractivity contribution in [3.05, 3.63) is 87.9 Å². The summed E-state index contributed by atoms with van der Waals surface area (Å²) in [6.07, 6.45) is -0.722. The molecule has 0 heterocycles. The summed E-state index contributed by atoms with van der Waals surface area (Å²) in [6, 6.07) is 18.9. The monoisotopic (exact) mass is 407 g/mol.